The maximum atomic E-state index is 12.6. The van der Waals surface area contributed by atoms with Gasteiger partial charge < -0.3 is 19.1 Å². The molecule has 0 aliphatic carbocycles. The number of hydrogen-bond acceptors (Lipinski definition) is 7. The molecular weight excluding hydrogens is 362 g/mol. The summed E-state index contributed by atoms with van der Waals surface area (Å²) >= 11 is 6.45. The van der Waals surface area contributed by atoms with E-state index in [2.05, 4.69) is 0 Å². The summed E-state index contributed by atoms with van der Waals surface area (Å²) < 4.78 is 10.9. The van der Waals surface area contributed by atoms with Gasteiger partial charge in [-0.05, 0) is 24.3 Å². The van der Waals surface area contributed by atoms with Crippen molar-refractivity contribution >= 4 is 46.3 Å². The number of carboxylic acids is 1. The lowest BCUT2D eigenvalue weighted by atomic mass is 10.2. The molecule has 0 atom stereocenters. The third-order valence-corrected chi connectivity index (χ3v) is 4.70. The van der Waals surface area contributed by atoms with Gasteiger partial charge >= 0.3 is 0 Å². The largest absolute Gasteiger partial charge is 0.546 e. The maximum Gasteiger partial charge on any atom is 0.266 e. The van der Waals surface area contributed by atoms with Gasteiger partial charge in [-0.1, -0.05) is 42.2 Å². The quantitative estimate of drug-likeness (QED) is 0.563. The number of furan rings is 1. The van der Waals surface area contributed by atoms with E-state index in [0.717, 1.165) is 0 Å². The molecule has 1 fully saturated rings. The van der Waals surface area contributed by atoms with E-state index in [1.54, 1.807) is 42.5 Å². The van der Waals surface area contributed by atoms with Crippen molar-refractivity contribution in [2.75, 3.05) is 6.61 Å². The van der Waals surface area contributed by atoms with E-state index in [9.17, 15) is 14.7 Å². The van der Waals surface area contributed by atoms with E-state index in [0.29, 0.717) is 26.3 Å². The highest BCUT2D eigenvalue weighted by atomic mass is 32.2. The summed E-state index contributed by atoms with van der Waals surface area (Å²) in [6, 6.07) is 10.3. The highest BCUT2D eigenvalue weighted by Gasteiger charge is 2.32. The van der Waals surface area contributed by atoms with Crippen LogP contribution in [0, 0.1) is 0 Å². The minimum absolute atomic E-state index is 0.235. The van der Waals surface area contributed by atoms with Crippen LogP contribution in [0.3, 0.4) is 0 Å². The fourth-order valence-corrected chi connectivity index (χ4v) is 3.45. The molecule has 2 heterocycles. The number of amides is 1. The van der Waals surface area contributed by atoms with E-state index in [1.807, 2.05) is 0 Å². The molecule has 6 nitrogen and oxygen atoms in total. The molecule has 0 N–H and O–H groups in total. The lowest BCUT2D eigenvalue weighted by Gasteiger charge is -2.12. The van der Waals surface area contributed by atoms with Crippen molar-refractivity contribution in [1.29, 1.82) is 0 Å². The van der Waals surface area contributed by atoms with Crippen LogP contribution >= 0.6 is 24.0 Å². The predicted octanol–water partition coefficient (Wildman–Crippen LogP) is 1.81. The van der Waals surface area contributed by atoms with Crippen molar-refractivity contribution in [2.24, 2.45) is 0 Å². The van der Waals surface area contributed by atoms with Crippen LogP contribution < -0.4 is 9.84 Å². The zero-order valence-electron chi connectivity index (χ0n) is 12.8. The van der Waals surface area contributed by atoms with Crippen LogP contribution in [0.4, 0.5) is 0 Å². The number of ether oxygens (including phenoxy) is 1. The molecule has 0 spiro atoms. The molecule has 1 aromatic carbocycles. The molecule has 0 unspecified atom stereocenters. The summed E-state index contributed by atoms with van der Waals surface area (Å²) in [4.78, 5) is 25.0. The van der Waals surface area contributed by atoms with Gasteiger partial charge in [0.05, 0.1) is 23.7 Å². The summed E-state index contributed by atoms with van der Waals surface area (Å²) in [6.45, 7) is -0.303. The second-order valence-electron chi connectivity index (χ2n) is 5.05. The minimum Gasteiger partial charge on any atom is -0.546 e. The Kier molecular flexibility index (Phi) is 5.20. The number of benzene rings is 1. The average molecular weight is 374 g/mol. The number of thiocarbonyl (C=S) groups is 1. The van der Waals surface area contributed by atoms with Gasteiger partial charge in [-0.2, -0.15) is 0 Å². The van der Waals surface area contributed by atoms with Crippen molar-refractivity contribution in [3.05, 3.63) is 58.9 Å². The molecule has 3 rings (SSSR count). The summed E-state index contributed by atoms with van der Waals surface area (Å²) in [6.07, 6.45) is 3.17. The van der Waals surface area contributed by atoms with E-state index >= 15 is 0 Å². The number of nitrogens with zero attached hydrogens (tertiary/aromatic N) is 1. The minimum atomic E-state index is -1.32. The molecule has 128 valence electrons. The van der Waals surface area contributed by atoms with Crippen molar-refractivity contribution in [2.45, 2.75) is 6.54 Å². The molecule has 8 heteroatoms. The summed E-state index contributed by atoms with van der Waals surface area (Å²) in [5, 5.41) is 10.6. The SMILES string of the molecule is O=C([O-])COc1ccccc1/C=C1\SC(=S)N(Cc2ccco2)C1=O. The second-order valence-corrected chi connectivity index (χ2v) is 6.72. The molecule has 25 heavy (non-hydrogen) atoms. The molecule has 1 aromatic heterocycles. The van der Waals surface area contributed by atoms with Crippen molar-refractivity contribution < 1.29 is 23.8 Å². The average Bonchev–Trinajstić information content (AvgIpc) is 3.18. The van der Waals surface area contributed by atoms with Gasteiger partial charge in [0.2, 0.25) is 0 Å². The van der Waals surface area contributed by atoms with Gasteiger partial charge in [0.1, 0.15) is 22.4 Å². The maximum absolute atomic E-state index is 12.6. The number of thioether (sulfide) groups is 1. The van der Waals surface area contributed by atoms with Crippen molar-refractivity contribution in [3.8, 4) is 5.75 Å². The van der Waals surface area contributed by atoms with Gasteiger partial charge in [-0.3, -0.25) is 9.69 Å². The van der Waals surface area contributed by atoms with Gasteiger partial charge in [0.15, 0.2) is 0 Å². The van der Waals surface area contributed by atoms with E-state index in [-0.39, 0.29) is 12.5 Å². The number of carbonyl (C=O) groups excluding carboxylic acids is 2. The normalized spacial score (nSPS) is 15.8. The van der Waals surface area contributed by atoms with Gasteiger partial charge in [0, 0.05) is 5.56 Å². The van der Waals surface area contributed by atoms with Crippen LogP contribution in [0.2, 0.25) is 0 Å². The zero-order valence-corrected chi connectivity index (χ0v) is 14.5. The van der Waals surface area contributed by atoms with Gasteiger partial charge in [-0.25, -0.2) is 0 Å². The molecule has 1 aliphatic rings. The number of carboxylic acid groups (broad SMARTS) is 1. The number of rotatable bonds is 6. The van der Waals surface area contributed by atoms with Gasteiger partial charge in [-0.15, -0.1) is 0 Å². The topological polar surface area (TPSA) is 82.8 Å². The standard InChI is InChI=1S/C17H13NO5S2/c19-15(20)10-23-13-6-2-1-4-11(13)8-14-16(21)18(17(24)25-14)9-12-5-3-7-22-12/h1-8H,9-10H2,(H,19,20)/p-1/b14-8-. The molecule has 2 aromatic rings. The number of aliphatic carboxylic acids is 1. The molecule has 0 saturated carbocycles. The Bertz CT molecular complexity index is 844. The Morgan fingerprint density at radius 2 is 2.12 bits per heavy atom. The van der Waals surface area contributed by atoms with Crippen LogP contribution in [0.1, 0.15) is 11.3 Å². The molecule has 0 radical (unpaired) electrons. The Morgan fingerprint density at radius 3 is 2.84 bits per heavy atom. The fraction of sp³-hybridized carbons (Fsp3) is 0.118. The molecular formula is C17H12NO5S2-. The lowest BCUT2D eigenvalue weighted by Crippen LogP contribution is -2.29. The zero-order chi connectivity index (χ0) is 17.8. The first-order valence-corrected chi connectivity index (χ1v) is 8.46. The molecule has 1 amide bonds. The molecule has 1 saturated heterocycles. The Balaban J connectivity index is 1.81. The Labute approximate surface area is 153 Å². The van der Waals surface area contributed by atoms with Crippen LogP contribution in [-0.4, -0.2) is 27.7 Å². The number of hydrogen-bond donors (Lipinski definition) is 0. The number of carbonyl (C=O) groups is 2. The van der Waals surface area contributed by atoms with E-state index in [1.165, 1.54) is 22.9 Å². The highest BCUT2D eigenvalue weighted by molar-refractivity contribution is 8.26. The lowest BCUT2D eigenvalue weighted by molar-refractivity contribution is -0.307. The van der Waals surface area contributed by atoms with Crippen molar-refractivity contribution in [1.82, 2.24) is 4.90 Å². The summed E-state index contributed by atoms with van der Waals surface area (Å²) in [5.41, 5.74) is 0.585. The van der Waals surface area contributed by atoms with Crippen LogP contribution in [-0.2, 0) is 16.1 Å². The monoisotopic (exact) mass is 374 g/mol. The Morgan fingerprint density at radius 1 is 1.32 bits per heavy atom. The number of para-hydroxylation sites is 1. The molecule has 0 bridgehead atoms. The van der Waals surface area contributed by atoms with E-state index < -0.39 is 12.6 Å². The first-order valence-electron chi connectivity index (χ1n) is 7.24. The smallest absolute Gasteiger partial charge is 0.266 e. The van der Waals surface area contributed by atoms with Crippen LogP contribution in [0.15, 0.2) is 52.0 Å². The first-order chi connectivity index (χ1) is 12.0. The fourth-order valence-electron chi connectivity index (χ4n) is 2.20. The third-order valence-electron chi connectivity index (χ3n) is 3.32. The highest BCUT2D eigenvalue weighted by Crippen LogP contribution is 2.35. The summed E-state index contributed by atoms with van der Waals surface area (Å²) in [7, 11) is 0. The van der Waals surface area contributed by atoms with Crippen LogP contribution in [0.5, 0.6) is 5.75 Å². The second kappa shape index (κ2) is 7.54. The third kappa shape index (κ3) is 4.09. The van der Waals surface area contributed by atoms with E-state index in [4.69, 9.17) is 21.4 Å². The summed E-state index contributed by atoms with van der Waals surface area (Å²) in [5.74, 6) is -0.570. The Hall–Kier alpha value is -2.58. The molecule has 1 aliphatic heterocycles. The van der Waals surface area contributed by atoms with Crippen molar-refractivity contribution in [3.63, 3.8) is 0 Å². The van der Waals surface area contributed by atoms with Gasteiger partial charge in [0.25, 0.3) is 5.91 Å². The predicted molar refractivity (Wildman–Crippen MR) is 94.4 cm³/mol. The van der Waals surface area contributed by atoms with Crippen LogP contribution in [0.25, 0.3) is 6.08 Å². The first kappa shape index (κ1) is 17.2.